The van der Waals surface area contributed by atoms with Crippen LogP contribution >= 0.6 is 11.8 Å². The van der Waals surface area contributed by atoms with Crippen LogP contribution in [-0.2, 0) is 14.3 Å². The number of rotatable bonds is 5. The molecule has 7 heteroatoms. The molecule has 0 aliphatic carbocycles. The second-order valence-corrected chi connectivity index (χ2v) is 5.57. The van der Waals surface area contributed by atoms with Crippen LogP contribution < -0.4 is 10.2 Å². The average Bonchev–Trinajstić information content (AvgIpc) is 2.45. The van der Waals surface area contributed by atoms with Crippen LogP contribution in [0, 0.1) is 0 Å². The van der Waals surface area contributed by atoms with E-state index in [2.05, 4.69) is 10.3 Å². The first-order valence-corrected chi connectivity index (χ1v) is 7.16. The van der Waals surface area contributed by atoms with E-state index in [0.29, 0.717) is 13.2 Å². The van der Waals surface area contributed by atoms with Crippen molar-refractivity contribution in [1.29, 1.82) is 0 Å². The minimum absolute atomic E-state index is 0.0719. The molecule has 20 heavy (non-hydrogen) atoms. The zero-order chi connectivity index (χ0) is 14.5. The Morgan fingerprint density at radius 1 is 1.60 bits per heavy atom. The van der Waals surface area contributed by atoms with Gasteiger partial charge in [-0.3, -0.25) is 9.59 Å². The van der Waals surface area contributed by atoms with E-state index in [1.165, 1.54) is 11.8 Å². The van der Waals surface area contributed by atoms with Gasteiger partial charge in [-0.2, -0.15) is 0 Å². The number of pyridine rings is 1. The Hall–Kier alpha value is -1.60. The van der Waals surface area contributed by atoms with Gasteiger partial charge in [0.2, 0.25) is 11.8 Å². The minimum Gasteiger partial charge on any atom is -0.383 e. The van der Waals surface area contributed by atoms with E-state index >= 15 is 0 Å². The lowest BCUT2D eigenvalue weighted by atomic mass is 10.2. The number of methoxy groups -OCH3 is 1. The van der Waals surface area contributed by atoms with E-state index in [1.807, 2.05) is 6.07 Å². The van der Waals surface area contributed by atoms with Crippen molar-refractivity contribution < 1.29 is 14.3 Å². The summed E-state index contributed by atoms with van der Waals surface area (Å²) in [5, 5.41) is 3.08. The molecule has 1 aromatic rings. The highest BCUT2D eigenvalue weighted by molar-refractivity contribution is 8.00. The Labute approximate surface area is 121 Å². The summed E-state index contributed by atoms with van der Waals surface area (Å²) in [6.45, 7) is 0.910. The number of carbonyl (C=O) groups excluding carboxylic acids is 2. The smallest absolute Gasteiger partial charge is 0.240 e. The number of anilines is 1. The third kappa shape index (κ3) is 3.29. The van der Waals surface area contributed by atoms with E-state index < -0.39 is 5.25 Å². The van der Waals surface area contributed by atoms with E-state index in [1.54, 1.807) is 31.3 Å². The molecule has 2 amide bonds. The fraction of sp³-hybridized carbons (Fsp3) is 0.462. The fourth-order valence-corrected chi connectivity index (χ4v) is 3.12. The maximum atomic E-state index is 12.2. The highest BCUT2D eigenvalue weighted by Crippen LogP contribution is 2.37. The van der Waals surface area contributed by atoms with Gasteiger partial charge in [0, 0.05) is 33.3 Å². The van der Waals surface area contributed by atoms with E-state index in [0.717, 1.165) is 10.7 Å². The number of amides is 2. The first kappa shape index (κ1) is 14.8. The third-order valence-corrected chi connectivity index (χ3v) is 4.16. The van der Waals surface area contributed by atoms with Crippen LogP contribution in [0.4, 0.5) is 5.69 Å². The summed E-state index contributed by atoms with van der Waals surface area (Å²) >= 11 is 1.34. The van der Waals surface area contributed by atoms with Crippen LogP contribution in [0.15, 0.2) is 23.4 Å². The second-order valence-electron chi connectivity index (χ2n) is 4.38. The van der Waals surface area contributed by atoms with Crippen LogP contribution in [0.1, 0.15) is 6.42 Å². The molecule has 108 valence electrons. The molecule has 0 radical (unpaired) electrons. The molecule has 1 aliphatic heterocycles. The largest absolute Gasteiger partial charge is 0.383 e. The molecule has 0 saturated carbocycles. The Morgan fingerprint density at radius 3 is 3.15 bits per heavy atom. The standard InChI is InChI=1S/C13H17N3O3S/c1-16-9-4-3-5-15-12(9)20-10(13(16)18)8-11(17)14-6-7-19-2/h3-5,10H,6-8H2,1-2H3,(H,14,17)/t10-/m1/s1. The van der Waals surface area contributed by atoms with Gasteiger partial charge in [0.25, 0.3) is 0 Å². The number of thioether (sulfide) groups is 1. The van der Waals surface area contributed by atoms with Gasteiger partial charge in [0.05, 0.1) is 17.5 Å². The van der Waals surface area contributed by atoms with E-state index in [4.69, 9.17) is 4.74 Å². The highest BCUT2D eigenvalue weighted by Gasteiger charge is 2.33. The van der Waals surface area contributed by atoms with Crippen molar-refractivity contribution in [3.63, 3.8) is 0 Å². The Kier molecular flexibility index (Phi) is 4.97. The van der Waals surface area contributed by atoms with Gasteiger partial charge in [0.1, 0.15) is 5.03 Å². The zero-order valence-electron chi connectivity index (χ0n) is 11.5. The molecule has 0 aromatic carbocycles. The third-order valence-electron chi connectivity index (χ3n) is 2.97. The maximum Gasteiger partial charge on any atom is 0.240 e. The number of hydrogen-bond donors (Lipinski definition) is 1. The number of nitrogens with one attached hydrogen (secondary N) is 1. The molecular formula is C13H17N3O3S. The predicted molar refractivity (Wildman–Crippen MR) is 76.8 cm³/mol. The van der Waals surface area contributed by atoms with Crippen LogP contribution in [0.5, 0.6) is 0 Å². The van der Waals surface area contributed by atoms with Gasteiger partial charge >= 0.3 is 0 Å². The molecule has 2 heterocycles. The normalized spacial score (nSPS) is 17.8. The van der Waals surface area contributed by atoms with Crippen molar-refractivity contribution in [3.8, 4) is 0 Å². The number of nitrogens with zero attached hydrogens (tertiary/aromatic N) is 2. The molecule has 6 nitrogen and oxygen atoms in total. The summed E-state index contributed by atoms with van der Waals surface area (Å²) in [6.07, 6.45) is 1.83. The van der Waals surface area contributed by atoms with Gasteiger partial charge in [-0.1, -0.05) is 11.8 Å². The molecule has 0 bridgehead atoms. The van der Waals surface area contributed by atoms with Crippen LogP contribution in [-0.4, -0.2) is 49.4 Å². The lowest BCUT2D eigenvalue weighted by Gasteiger charge is -2.29. The number of ether oxygens (including phenoxy) is 1. The van der Waals surface area contributed by atoms with E-state index in [9.17, 15) is 9.59 Å². The summed E-state index contributed by atoms with van der Waals surface area (Å²) in [5.41, 5.74) is 0.790. The summed E-state index contributed by atoms with van der Waals surface area (Å²) in [7, 11) is 3.28. The van der Waals surface area contributed by atoms with Crippen molar-refractivity contribution in [2.75, 3.05) is 32.2 Å². The Bertz CT molecular complexity index is 509. The van der Waals surface area contributed by atoms with Crippen molar-refractivity contribution in [2.45, 2.75) is 16.7 Å². The van der Waals surface area contributed by atoms with Gasteiger partial charge in [0.15, 0.2) is 0 Å². The van der Waals surface area contributed by atoms with Crippen molar-refractivity contribution >= 4 is 29.3 Å². The van der Waals surface area contributed by atoms with Crippen molar-refractivity contribution in [1.82, 2.24) is 10.3 Å². The molecule has 1 aliphatic rings. The van der Waals surface area contributed by atoms with Crippen molar-refractivity contribution in [3.05, 3.63) is 18.3 Å². The molecule has 1 aromatic heterocycles. The molecule has 1 atom stereocenters. The van der Waals surface area contributed by atoms with Gasteiger partial charge in [-0.15, -0.1) is 0 Å². The number of aromatic nitrogens is 1. The summed E-state index contributed by atoms with van der Waals surface area (Å²) in [6, 6.07) is 3.64. The molecule has 1 N–H and O–H groups in total. The summed E-state index contributed by atoms with van der Waals surface area (Å²) in [5.74, 6) is -0.224. The fourth-order valence-electron chi connectivity index (χ4n) is 1.91. The molecule has 0 spiro atoms. The molecular weight excluding hydrogens is 278 g/mol. The number of fused-ring (bicyclic) bond motifs is 1. The summed E-state index contributed by atoms with van der Waals surface area (Å²) in [4.78, 5) is 29.8. The topological polar surface area (TPSA) is 71.5 Å². The summed E-state index contributed by atoms with van der Waals surface area (Å²) < 4.78 is 4.86. The first-order chi connectivity index (χ1) is 9.63. The lowest BCUT2D eigenvalue weighted by molar-refractivity contribution is -0.124. The van der Waals surface area contributed by atoms with Gasteiger partial charge < -0.3 is 15.0 Å². The SMILES string of the molecule is COCCNC(=O)C[C@H]1Sc2ncccc2N(C)C1=O. The lowest BCUT2D eigenvalue weighted by Crippen LogP contribution is -2.41. The van der Waals surface area contributed by atoms with Gasteiger partial charge in [-0.25, -0.2) is 4.98 Å². The van der Waals surface area contributed by atoms with E-state index in [-0.39, 0.29) is 18.2 Å². The molecule has 0 saturated heterocycles. The van der Waals surface area contributed by atoms with Crippen LogP contribution in [0.2, 0.25) is 0 Å². The number of carbonyl (C=O) groups is 2. The zero-order valence-corrected chi connectivity index (χ0v) is 12.3. The Balaban J connectivity index is 2.00. The van der Waals surface area contributed by atoms with Crippen molar-refractivity contribution in [2.24, 2.45) is 0 Å². The minimum atomic E-state index is -0.426. The molecule has 0 fully saturated rings. The Morgan fingerprint density at radius 2 is 2.40 bits per heavy atom. The maximum absolute atomic E-state index is 12.2. The van der Waals surface area contributed by atoms with Crippen LogP contribution in [0.3, 0.4) is 0 Å². The second kappa shape index (κ2) is 6.71. The quantitative estimate of drug-likeness (QED) is 0.809. The first-order valence-electron chi connectivity index (χ1n) is 6.28. The predicted octanol–water partition coefficient (Wildman–Crippen LogP) is 0.671. The number of hydrogen-bond acceptors (Lipinski definition) is 5. The highest BCUT2D eigenvalue weighted by atomic mass is 32.2. The average molecular weight is 295 g/mol. The van der Waals surface area contributed by atoms with Gasteiger partial charge in [-0.05, 0) is 12.1 Å². The monoisotopic (exact) mass is 295 g/mol. The molecule has 2 rings (SSSR count). The van der Waals surface area contributed by atoms with Crippen LogP contribution in [0.25, 0.3) is 0 Å². The molecule has 0 unspecified atom stereocenters.